The first-order chi connectivity index (χ1) is 14.4. The Morgan fingerprint density at radius 2 is 2.20 bits per heavy atom. The SMILES string of the molecule is CN(c1nc2cc(Cl)ccc2o1)[C@H]1CCc2c(c3cc(F)ccc3n2CC(=O)O)C1. The number of carboxylic acid groups (broad SMARTS) is 1. The number of oxazole rings is 1. The number of anilines is 1. The summed E-state index contributed by atoms with van der Waals surface area (Å²) < 4.78 is 21.7. The maximum absolute atomic E-state index is 14.0. The normalized spacial score (nSPS) is 16.2. The van der Waals surface area contributed by atoms with Crippen molar-refractivity contribution in [1.82, 2.24) is 9.55 Å². The highest BCUT2D eigenvalue weighted by Crippen LogP contribution is 2.35. The van der Waals surface area contributed by atoms with Crippen LogP contribution in [0.2, 0.25) is 5.02 Å². The standard InChI is InChI=1S/C22H19ClFN3O3/c1-26(22-25-17-8-12(23)2-7-20(17)30-22)14-4-6-19-16(10-14)15-9-13(24)3-5-18(15)27(19)11-21(28)29/h2-3,5,7-9,14H,4,6,10-11H2,1H3,(H,28,29)/t14-/m0/s1. The summed E-state index contributed by atoms with van der Waals surface area (Å²) in [5.41, 5.74) is 4.07. The summed E-state index contributed by atoms with van der Waals surface area (Å²) in [4.78, 5) is 18.0. The van der Waals surface area contributed by atoms with E-state index in [1.54, 1.807) is 28.8 Å². The maximum atomic E-state index is 14.0. The fraction of sp³-hybridized carbons (Fsp3) is 0.273. The van der Waals surface area contributed by atoms with Crippen molar-refractivity contribution in [3.63, 3.8) is 0 Å². The van der Waals surface area contributed by atoms with Crippen LogP contribution in [0, 0.1) is 5.82 Å². The number of nitrogens with zero attached hydrogens (tertiary/aromatic N) is 3. The highest BCUT2D eigenvalue weighted by Gasteiger charge is 2.30. The average molecular weight is 428 g/mol. The molecule has 0 saturated carbocycles. The molecule has 5 rings (SSSR count). The van der Waals surface area contributed by atoms with Gasteiger partial charge in [0.1, 0.15) is 17.9 Å². The van der Waals surface area contributed by atoms with Gasteiger partial charge in [-0.2, -0.15) is 4.98 Å². The third-order valence-corrected chi connectivity index (χ3v) is 6.12. The van der Waals surface area contributed by atoms with Crippen molar-refractivity contribution in [2.45, 2.75) is 31.8 Å². The molecule has 6 nitrogen and oxygen atoms in total. The van der Waals surface area contributed by atoms with Gasteiger partial charge in [-0.25, -0.2) is 4.39 Å². The van der Waals surface area contributed by atoms with E-state index >= 15 is 0 Å². The van der Waals surface area contributed by atoms with Crippen LogP contribution in [0.15, 0.2) is 40.8 Å². The number of aliphatic carboxylic acids is 1. The zero-order chi connectivity index (χ0) is 21.0. The molecule has 1 aliphatic carbocycles. The molecule has 2 heterocycles. The summed E-state index contributed by atoms with van der Waals surface area (Å²) in [6.07, 6.45) is 2.15. The van der Waals surface area contributed by atoms with Gasteiger partial charge in [-0.05, 0) is 61.2 Å². The molecule has 4 aromatic rings. The van der Waals surface area contributed by atoms with Gasteiger partial charge in [-0.15, -0.1) is 0 Å². The number of carboxylic acids is 1. The number of hydrogen-bond donors (Lipinski definition) is 1. The summed E-state index contributed by atoms with van der Waals surface area (Å²) in [6, 6.07) is 10.4. The van der Waals surface area contributed by atoms with E-state index in [-0.39, 0.29) is 18.4 Å². The fourth-order valence-electron chi connectivity index (χ4n) is 4.45. The highest BCUT2D eigenvalue weighted by molar-refractivity contribution is 6.31. The van der Waals surface area contributed by atoms with E-state index in [4.69, 9.17) is 16.0 Å². The summed E-state index contributed by atoms with van der Waals surface area (Å²) >= 11 is 6.05. The van der Waals surface area contributed by atoms with Crippen LogP contribution in [-0.4, -0.2) is 33.7 Å². The van der Waals surface area contributed by atoms with E-state index in [0.29, 0.717) is 35.0 Å². The van der Waals surface area contributed by atoms with Crippen LogP contribution in [-0.2, 0) is 24.2 Å². The van der Waals surface area contributed by atoms with Crippen molar-refractivity contribution in [2.75, 3.05) is 11.9 Å². The molecule has 0 fully saturated rings. The Morgan fingerprint density at radius 3 is 3.00 bits per heavy atom. The van der Waals surface area contributed by atoms with E-state index in [2.05, 4.69) is 4.98 Å². The van der Waals surface area contributed by atoms with Gasteiger partial charge in [0.15, 0.2) is 5.58 Å². The van der Waals surface area contributed by atoms with Gasteiger partial charge >= 0.3 is 5.97 Å². The van der Waals surface area contributed by atoms with Crippen molar-refractivity contribution in [3.05, 3.63) is 58.5 Å². The molecule has 30 heavy (non-hydrogen) atoms. The third kappa shape index (κ3) is 3.10. The second kappa shape index (κ2) is 7.02. The number of likely N-dealkylation sites (N-methyl/N-ethyl adjacent to an activating group) is 1. The first kappa shape index (κ1) is 18.9. The molecular weight excluding hydrogens is 409 g/mol. The number of hydrogen-bond acceptors (Lipinski definition) is 4. The van der Waals surface area contributed by atoms with E-state index in [1.165, 1.54) is 12.1 Å². The van der Waals surface area contributed by atoms with Gasteiger partial charge in [0.25, 0.3) is 6.01 Å². The van der Waals surface area contributed by atoms with Crippen LogP contribution in [0.4, 0.5) is 10.4 Å². The highest BCUT2D eigenvalue weighted by atomic mass is 35.5. The smallest absolute Gasteiger partial charge is 0.323 e. The quantitative estimate of drug-likeness (QED) is 0.513. The van der Waals surface area contributed by atoms with Crippen molar-refractivity contribution in [2.24, 2.45) is 0 Å². The molecule has 0 bridgehead atoms. The van der Waals surface area contributed by atoms with E-state index in [9.17, 15) is 14.3 Å². The Morgan fingerprint density at radius 1 is 1.37 bits per heavy atom. The van der Waals surface area contributed by atoms with E-state index in [1.807, 2.05) is 11.9 Å². The van der Waals surface area contributed by atoms with Gasteiger partial charge in [0.05, 0.1) is 0 Å². The largest absolute Gasteiger partial charge is 0.480 e. The second-order valence-corrected chi connectivity index (χ2v) is 8.12. The number of benzene rings is 2. The fourth-order valence-corrected chi connectivity index (χ4v) is 4.61. The monoisotopic (exact) mass is 427 g/mol. The molecule has 0 radical (unpaired) electrons. The molecule has 0 saturated heterocycles. The number of rotatable bonds is 4. The third-order valence-electron chi connectivity index (χ3n) is 5.88. The predicted octanol–water partition coefficient (Wildman–Crippen LogP) is 4.65. The lowest BCUT2D eigenvalue weighted by Gasteiger charge is -2.31. The minimum atomic E-state index is -0.914. The van der Waals surface area contributed by atoms with Gasteiger partial charge < -0.3 is 19.0 Å². The van der Waals surface area contributed by atoms with Crippen LogP contribution < -0.4 is 4.90 Å². The summed E-state index contributed by atoms with van der Waals surface area (Å²) in [5.74, 6) is -1.24. The summed E-state index contributed by atoms with van der Waals surface area (Å²) in [6.45, 7) is -0.135. The minimum Gasteiger partial charge on any atom is -0.480 e. The Balaban J connectivity index is 1.52. The van der Waals surface area contributed by atoms with Crippen molar-refractivity contribution in [1.29, 1.82) is 0 Å². The van der Waals surface area contributed by atoms with Gasteiger partial charge in [-0.1, -0.05) is 11.6 Å². The van der Waals surface area contributed by atoms with Gasteiger partial charge in [0.2, 0.25) is 0 Å². The van der Waals surface area contributed by atoms with Crippen LogP contribution in [0.5, 0.6) is 0 Å². The van der Waals surface area contributed by atoms with Gasteiger partial charge in [-0.3, -0.25) is 4.79 Å². The Kier molecular flexibility index (Phi) is 4.43. The zero-order valence-corrected chi connectivity index (χ0v) is 17.0. The molecule has 2 aromatic carbocycles. The van der Waals surface area contributed by atoms with Crippen LogP contribution in [0.1, 0.15) is 17.7 Å². The number of aromatic nitrogens is 2. The second-order valence-electron chi connectivity index (χ2n) is 7.68. The molecule has 0 unspecified atom stereocenters. The average Bonchev–Trinajstić information content (AvgIpc) is 3.26. The van der Waals surface area contributed by atoms with Crippen molar-refractivity contribution in [3.8, 4) is 0 Å². The summed E-state index contributed by atoms with van der Waals surface area (Å²) in [7, 11) is 1.93. The van der Waals surface area contributed by atoms with Crippen LogP contribution in [0.25, 0.3) is 22.0 Å². The zero-order valence-electron chi connectivity index (χ0n) is 16.2. The van der Waals surface area contributed by atoms with Gasteiger partial charge in [0, 0.05) is 34.7 Å². The molecule has 2 aromatic heterocycles. The number of halogens is 2. The topological polar surface area (TPSA) is 71.5 Å². The molecule has 154 valence electrons. The van der Waals surface area contributed by atoms with Crippen molar-refractivity contribution >= 4 is 45.6 Å². The lowest BCUT2D eigenvalue weighted by molar-refractivity contribution is -0.137. The predicted molar refractivity (Wildman–Crippen MR) is 113 cm³/mol. The first-order valence-electron chi connectivity index (χ1n) is 9.71. The number of fused-ring (bicyclic) bond motifs is 4. The molecule has 0 aliphatic heterocycles. The number of carbonyl (C=O) groups is 1. The Labute approximate surface area is 176 Å². The molecular formula is C22H19ClFN3O3. The summed E-state index contributed by atoms with van der Waals surface area (Å²) in [5, 5.41) is 10.7. The molecule has 1 N–H and O–H groups in total. The Hall–Kier alpha value is -3.06. The van der Waals surface area contributed by atoms with Crippen molar-refractivity contribution < 1.29 is 18.7 Å². The minimum absolute atomic E-state index is 0.0909. The van der Waals surface area contributed by atoms with Crippen LogP contribution >= 0.6 is 11.6 Å². The molecule has 0 amide bonds. The maximum Gasteiger partial charge on any atom is 0.323 e. The molecule has 1 aliphatic rings. The van der Waals surface area contributed by atoms with E-state index < -0.39 is 5.97 Å². The lowest BCUT2D eigenvalue weighted by atomic mass is 9.90. The van der Waals surface area contributed by atoms with Crippen LogP contribution in [0.3, 0.4) is 0 Å². The first-order valence-corrected chi connectivity index (χ1v) is 10.1. The lowest BCUT2D eigenvalue weighted by Crippen LogP contribution is -2.37. The molecule has 0 spiro atoms. The molecule has 8 heteroatoms. The Bertz CT molecular complexity index is 1300. The molecule has 1 atom stereocenters. The van der Waals surface area contributed by atoms with E-state index in [0.717, 1.165) is 28.6 Å².